The summed E-state index contributed by atoms with van der Waals surface area (Å²) >= 11 is 0. The molecule has 0 radical (unpaired) electrons. The Labute approximate surface area is 230 Å². The number of ether oxygens (including phenoxy) is 1. The smallest absolute Gasteiger partial charge is 0.221 e. The lowest BCUT2D eigenvalue weighted by molar-refractivity contribution is 0.475. The maximum Gasteiger partial charge on any atom is 0.221 e. The Hall–Kier alpha value is -5.06. The monoisotopic (exact) mass is 510 g/mol. The minimum Gasteiger partial charge on any atom is -0.508 e. The molecule has 39 heavy (non-hydrogen) atoms. The van der Waals surface area contributed by atoms with E-state index in [4.69, 9.17) is 15.6 Å². The van der Waals surface area contributed by atoms with Gasteiger partial charge in [0.05, 0.1) is 0 Å². The predicted octanol–water partition coefficient (Wildman–Crippen LogP) is 7.17. The molecule has 4 rings (SSSR count). The highest BCUT2D eigenvalue weighted by molar-refractivity contribution is 6.05. The van der Waals surface area contributed by atoms with Crippen molar-refractivity contribution in [3.05, 3.63) is 136 Å². The van der Waals surface area contributed by atoms with Crippen molar-refractivity contribution in [2.24, 2.45) is 0 Å². The van der Waals surface area contributed by atoms with E-state index in [0.717, 1.165) is 16.7 Å². The fraction of sp³-hybridized carbons (Fsp3) is 0.143. The first-order valence-electron chi connectivity index (χ1n) is 12.6. The lowest BCUT2D eigenvalue weighted by Crippen LogP contribution is -2.13. The Morgan fingerprint density at radius 2 is 1.08 bits per heavy atom. The van der Waals surface area contributed by atoms with Gasteiger partial charge in [-0.05, 0) is 84.6 Å². The molecule has 0 aromatic heterocycles. The van der Waals surface area contributed by atoms with Crippen molar-refractivity contribution in [2.45, 2.75) is 33.1 Å². The summed E-state index contributed by atoms with van der Waals surface area (Å²) in [7, 11) is 0. The van der Waals surface area contributed by atoms with E-state index < -0.39 is 0 Å². The molecule has 0 atom stereocenters. The van der Waals surface area contributed by atoms with E-state index in [0.29, 0.717) is 22.3 Å². The van der Waals surface area contributed by atoms with Crippen molar-refractivity contribution >= 4 is 11.8 Å². The number of aryl methyl sites for hydroxylation is 1. The SMILES string of the molecule is Cc1ccc(C#Cc2cc(C#Cc3ccc(C(C)(C)C)cc3)cc(C(=N)OC(=N)c3ccc(O)cc3)c2)cc1. The summed E-state index contributed by atoms with van der Waals surface area (Å²) in [6.45, 7) is 8.56. The predicted molar refractivity (Wildman–Crippen MR) is 158 cm³/mol. The van der Waals surface area contributed by atoms with Gasteiger partial charge in [-0.25, -0.2) is 0 Å². The zero-order chi connectivity index (χ0) is 28.0. The van der Waals surface area contributed by atoms with Gasteiger partial charge in [0, 0.05) is 33.4 Å². The van der Waals surface area contributed by atoms with Crippen molar-refractivity contribution in [1.82, 2.24) is 0 Å². The zero-order valence-electron chi connectivity index (χ0n) is 22.5. The molecular formula is C35H30N2O2. The van der Waals surface area contributed by atoms with Gasteiger partial charge in [0.1, 0.15) is 5.75 Å². The highest BCUT2D eigenvalue weighted by Crippen LogP contribution is 2.22. The van der Waals surface area contributed by atoms with Gasteiger partial charge in [0.25, 0.3) is 0 Å². The lowest BCUT2D eigenvalue weighted by atomic mass is 9.87. The number of nitrogens with one attached hydrogen (secondary N) is 2. The molecule has 4 nitrogen and oxygen atoms in total. The fourth-order valence-corrected chi connectivity index (χ4v) is 3.71. The first kappa shape index (κ1) is 27.0. The van der Waals surface area contributed by atoms with Crippen molar-refractivity contribution in [3.8, 4) is 29.4 Å². The van der Waals surface area contributed by atoms with Gasteiger partial charge in [-0.3, -0.25) is 10.8 Å². The standard InChI is InChI=1S/C35H30N2O2/c1-24-5-7-25(8-6-24)9-11-27-21-28(12-10-26-13-17-31(18-14-26)35(2,3)4)23-30(22-27)34(37)39-33(36)29-15-19-32(38)20-16-29/h5-8,13-23,36-38H,1-4H3. The highest BCUT2D eigenvalue weighted by atomic mass is 16.5. The molecule has 0 saturated carbocycles. The van der Waals surface area contributed by atoms with E-state index in [1.165, 1.54) is 17.7 Å². The number of rotatable bonds is 2. The minimum absolute atomic E-state index is 0.0690. The molecule has 3 N–H and O–H groups in total. The van der Waals surface area contributed by atoms with E-state index in [-0.39, 0.29) is 23.0 Å². The van der Waals surface area contributed by atoms with Crippen molar-refractivity contribution in [3.63, 3.8) is 0 Å². The molecule has 0 heterocycles. The van der Waals surface area contributed by atoms with Crippen LogP contribution in [0.15, 0.2) is 91.0 Å². The largest absolute Gasteiger partial charge is 0.508 e. The van der Waals surface area contributed by atoms with Crippen LogP contribution >= 0.6 is 0 Å². The number of hydrogen-bond acceptors (Lipinski definition) is 4. The maximum absolute atomic E-state index is 9.51. The molecule has 0 unspecified atom stereocenters. The van der Waals surface area contributed by atoms with E-state index in [1.807, 2.05) is 49.4 Å². The molecule has 4 aromatic carbocycles. The van der Waals surface area contributed by atoms with E-state index in [2.05, 4.69) is 56.6 Å². The van der Waals surface area contributed by atoms with Gasteiger partial charge in [-0.2, -0.15) is 0 Å². The van der Waals surface area contributed by atoms with Gasteiger partial charge in [-0.15, -0.1) is 0 Å². The van der Waals surface area contributed by atoms with E-state index in [9.17, 15) is 5.11 Å². The Morgan fingerprint density at radius 1 is 0.615 bits per heavy atom. The molecule has 192 valence electrons. The average molecular weight is 511 g/mol. The maximum atomic E-state index is 9.51. The highest BCUT2D eigenvalue weighted by Gasteiger charge is 2.13. The normalized spacial score (nSPS) is 10.5. The lowest BCUT2D eigenvalue weighted by Gasteiger charge is -2.18. The third kappa shape index (κ3) is 7.48. The summed E-state index contributed by atoms with van der Waals surface area (Å²) in [4.78, 5) is 0. The fourth-order valence-electron chi connectivity index (χ4n) is 3.71. The van der Waals surface area contributed by atoms with Crippen LogP contribution in [0.1, 0.15) is 65.3 Å². The van der Waals surface area contributed by atoms with Crippen molar-refractivity contribution < 1.29 is 9.84 Å². The van der Waals surface area contributed by atoms with Gasteiger partial charge < -0.3 is 9.84 Å². The van der Waals surface area contributed by atoms with Crippen LogP contribution in [0.2, 0.25) is 0 Å². The van der Waals surface area contributed by atoms with Crippen molar-refractivity contribution in [1.29, 1.82) is 10.8 Å². The number of phenolic OH excluding ortho intramolecular Hbond substituents is 1. The van der Waals surface area contributed by atoms with E-state index in [1.54, 1.807) is 24.3 Å². The number of aromatic hydroxyl groups is 1. The molecule has 4 aromatic rings. The number of benzene rings is 4. The minimum atomic E-state index is -0.192. The Kier molecular flexibility index (Phi) is 7.99. The van der Waals surface area contributed by atoms with Gasteiger partial charge in [0.15, 0.2) is 0 Å². The van der Waals surface area contributed by atoms with Gasteiger partial charge in [-0.1, -0.05) is 74.3 Å². The molecule has 0 aliphatic heterocycles. The molecule has 0 spiro atoms. The number of phenols is 1. The second-order valence-corrected chi connectivity index (χ2v) is 10.3. The van der Waals surface area contributed by atoms with Crippen molar-refractivity contribution in [2.75, 3.05) is 0 Å². The average Bonchev–Trinajstić information content (AvgIpc) is 2.91. The second-order valence-electron chi connectivity index (χ2n) is 10.3. The summed E-state index contributed by atoms with van der Waals surface area (Å²) in [5, 5.41) is 26.3. The molecule has 4 heteroatoms. The van der Waals surface area contributed by atoms with E-state index >= 15 is 0 Å². The molecule has 0 amide bonds. The molecule has 0 saturated heterocycles. The van der Waals surface area contributed by atoms with Crippen LogP contribution < -0.4 is 0 Å². The summed E-state index contributed by atoms with van der Waals surface area (Å²) < 4.78 is 5.54. The Bertz CT molecular complexity index is 1630. The first-order chi connectivity index (χ1) is 18.6. The number of hydrogen-bond donors (Lipinski definition) is 3. The van der Waals surface area contributed by atoms with Crippen LogP contribution in [0.5, 0.6) is 5.75 Å². The third-order valence-corrected chi connectivity index (χ3v) is 6.03. The third-order valence-electron chi connectivity index (χ3n) is 6.03. The molecular weight excluding hydrogens is 480 g/mol. The molecule has 0 aliphatic carbocycles. The zero-order valence-corrected chi connectivity index (χ0v) is 22.5. The van der Waals surface area contributed by atoms with Gasteiger partial charge >= 0.3 is 0 Å². The summed E-state index contributed by atoms with van der Waals surface area (Å²) in [6.07, 6.45) is 0. The molecule has 0 bridgehead atoms. The summed E-state index contributed by atoms with van der Waals surface area (Å²) in [5.41, 5.74) is 6.53. The van der Waals surface area contributed by atoms with Gasteiger partial charge in [0.2, 0.25) is 11.8 Å². The van der Waals surface area contributed by atoms with Crippen LogP contribution in [-0.2, 0) is 10.2 Å². The van der Waals surface area contributed by atoms with Crippen LogP contribution in [0.3, 0.4) is 0 Å². The molecule has 0 aliphatic rings. The first-order valence-corrected chi connectivity index (χ1v) is 12.6. The summed E-state index contributed by atoms with van der Waals surface area (Å²) in [6, 6.07) is 27.7. The van der Waals surface area contributed by atoms with Crippen LogP contribution in [0, 0.1) is 41.4 Å². The quantitative estimate of drug-likeness (QED) is 0.152. The van der Waals surface area contributed by atoms with Crippen LogP contribution in [0.25, 0.3) is 0 Å². The molecule has 0 fully saturated rings. The topological polar surface area (TPSA) is 77.2 Å². The van der Waals surface area contributed by atoms with Crippen LogP contribution in [0.4, 0.5) is 0 Å². The Morgan fingerprint density at radius 3 is 1.59 bits per heavy atom. The Balaban J connectivity index is 1.65. The summed E-state index contributed by atoms with van der Waals surface area (Å²) in [5.74, 6) is 12.5. The second kappa shape index (κ2) is 11.5. The van der Waals surface area contributed by atoms with Crippen LogP contribution in [-0.4, -0.2) is 16.9 Å².